The maximum Gasteiger partial charge on any atom is 0.207 e. The van der Waals surface area contributed by atoms with Gasteiger partial charge in [-0.15, -0.1) is 0 Å². The van der Waals surface area contributed by atoms with Crippen molar-refractivity contribution in [3.8, 4) is 0 Å². The number of rotatable bonds is 3. The fourth-order valence-corrected chi connectivity index (χ4v) is 1.48. The van der Waals surface area contributed by atoms with E-state index in [-0.39, 0.29) is 16.8 Å². The summed E-state index contributed by atoms with van der Waals surface area (Å²) in [4.78, 5) is -0.116. The maximum absolute atomic E-state index is 10.7. The Bertz CT molecular complexity index is 306. The molecule has 0 aromatic carbocycles. The molecule has 0 unspecified atom stereocenters. The molecule has 1 atom stereocenters. The second-order valence-electron chi connectivity index (χ2n) is 2.79. The first-order chi connectivity index (χ1) is 6.69. The van der Waals surface area contributed by atoms with E-state index in [0.717, 1.165) is 6.21 Å². The molecule has 80 valence electrons. The summed E-state index contributed by atoms with van der Waals surface area (Å²) in [6, 6.07) is 0.162. The van der Waals surface area contributed by atoms with Crippen LogP contribution in [-0.4, -0.2) is 40.9 Å². The summed E-state index contributed by atoms with van der Waals surface area (Å²) < 4.78 is 26.5. The average Bonchev–Trinajstić information content (AvgIpc) is 2.19. The van der Waals surface area contributed by atoms with Crippen LogP contribution < -0.4 is 10.6 Å². The molecule has 1 rings (SSSR count). The molecule has 0 aromatic rings. The molecule has 6 nitrogen and oxygen atoms in total. The lowest BCUT2D eigenvalue weighted by molar-refractivity contribution is 0.129. The molecule has 0 spiro atoms. The zero-order valence-corrected chi connectivity index (χ0v) is 8.64. The van der Waals surface area contributed by atoms with Crippen LogP contribution in [0.4, 0.5) is 0 Å². The van der Waals surface area contributed by atoms with Crippen LogP contribution in [0, 0.1) is 5.41 Å². The van der Waals surface area contributed by atoms with Gasteiger partial charge in [0.15, 0.2) is 10.7 Å². The quantitative estimate of drug-likeness (QED) is 0.347. The lowest BCUT2D eigenvalue weighted by atomic mass is 10.3. The Labute approximate surface area is 83.8 Å². The minimum atomic E-state index is -2.78. The second kappa shape index (κ2) is 4.97. The van der Waals surface area contributed by atoms with Crippen LogP contribution in [0.25, 0.3) is 0 Å². The van der Waals surface area contributed by atoms with Crippen LogP contribution in [0.3, 0.4) is 0 Å². The highest BCUT2D eigenvalue weighted by atomic mass is 32.2. The number of thiol groups is 1. The van der Waals surface area contributed by atoms with E-state index in [1.807, 2.05) is 0 Å². The fourth-order valence-electron chi connectivity index (χ4n) is 1.06. The number of hydrogen-bond acceptors (Lipinski definition) is 6. The van der Waals surface area contributed by atoms with Crippen molar-refractivity contribution in [2.75, 3.05) is 20.2 Å². The number of allylic oxidation sites excluding steroid dienone is 1. The number of nitrogens with one attached hydrogen (secondary N) is 3. The minimum absolute atomic E-state index is 0.116. The fraction of sp³-hybridized carbons (Fsp3) is 0.571. The Morgan fingerprint density at radius 3 is 2.86 bits per heavy atom. The van der Waals surface area contributed by atoms with Gasteiger partial charge < -0.3 is 20.8 Å². The molecule has 1 saturated heterocycles. The number of ether oxygens (including phenoxy) is 1. The first kappa shape index (κ1) is 11.0. The molecule has 0 amide bonds. The maximum atomic E-state index is 10.7. The zero-order valence-electron chi connectivity index (χ0n) is 7.74. The van der Waals surface area contributed by atoms with Crippen molar-refractivity contribution in [3.63, 3.8) is 0 Å². The van der Waals surface area contributed by atoms with Gasteiger partial charge in [-0.2, -0.15) is 0 Å². The van der Waals surface area contributed by atoms with Gasteiger partial charge in [-0.05, 0) is 7.05 Å². The van der Waals surface area contributed by atoms with E-state index in [9.17, 15) is 8.42 Å². The topological polar surface area (TPSA) is 91.3 Å². The van der Waals surface area contributed by atoms with Crippen LogP contribution in [0.15, 0.2) is 10.8 Å². The molecular formula is C7H13N3O3S. The van der Waals surface area contributed by atoms with Crippen molar-refractivity contribution in [1.82, 2.24) is 10.6 Å². The average molecular weight is 219 g/mol. The SMILES string of the molecule is CN[C@@H]1CN/C(=C(\C=N)[SH](=O)=O)OC1. The highest BCUT2D eigenvalue weighted by Crippen LogP contribution is 2.07. The molecule has 0 aromatic heterocycles. The Kier molecular flexibility index (Phi) is 3.90. The van der Waals surface area contributed by atoms with E-state index in [1.54, 1.807) is 7.05 Å². The summed E-state index contributed by atoms with van der Waals surface area (Å²) >= 11 is 0. The Balaban J connectivity index is 2.76. The lowest BCUT2D eigenvalue weighted by Crippen LogP contribution is -2.45. The molecule has 0 radical (unpaired) electrons. The van der Waals surface area contributed by atoms with Gasteiger partial charge in [-0.3, -0.25) is 0 Å². The van der Waals surface area contributed by atoms with Crippen molar-refractivity contribution in [1.29, 1.82) is 5.41 Å². The predicted molar refractivity (Wildman–Crippen MR) is 52.9 cm³/mol. The molecule has 1 aliphatic heterocycles. The van der Waals surface area contributed by atoms with E-state index in [4.69, 9.17) is 10.1 Å². The third-order valence-electron chi connectivity index (χ3n) is 1.91. The van der Waals surface area contributed by atoms with E-state index in [1.165, 1.54) is 0 Å². The monoisotopic (exact) mass is 219 g/mol. The third kappa shape index (κ3) is 2.46. The number of likely N-dealkylation sites (N-methyl/N-ethyl adjacent to an activating group) is 1. The smallest absolute Gasteiger partial charge is 0.207 e. The molecular weight excluding hydrogens is 206 g/mol. The van der Waals surface area contributed by atoms with Gasteiger partial charge in [-0.25, -0.2) is 8.42 Å². The van der Waals surface area contributed by atoms with Crippen LogP contribution in [0.2, 0.25) is 0 Å². The van der Waals surface area contributed by atoms with E-state index in [0.29, 0.717) is 13.2 Å². The van der Waals surface area contributed by atoms with Crippen molar-refractivity contribution < 1.29 is 13.2 Å². The van der Waals surface area contributed by atoms with Crippen LogP contribution in [0.1, 0.15) is 0 Å². The normalized spacial score (nSPS) is 25.1. The highest BCUT2D eigenvalue weighted by Gasteiger charge is 2.18. The molecule has 0 bridgehead atoms. The summed E-state index contributed by atoms with van der Waals surface area (Å²) in [6.07, 6.45) is 0.772. The standard InChI is InChI=1S/C7H13N3O3S/c1-9-5-3-10-7(13-4-5)6(2-8)14(11)12/h2,5,8-10,14H,3-4H2,1H3/b7-6-,8-2?/t5-/m1/s1. The van der Waals surface area contributed by atoms with E-state index < -0.39 is 10.7 Å². The summed E-state index contributed by atoms with van der Waals surface area (Å²) in [5.41, 5.74) is 0. The van der Waals surface area contributed by atoms with Gasteiger partial charge in [0, 0.05) is 12.8 Å². The van der Waals surface area contributed by atoms with Crippen molar-refractivity contribution in [3.05, 3.63) is 10.8 Å². The van der Waals surface area contributed by atoms with Crippen LogP contribution in [-0.2, 0) is 15.4 Å². The first-order valence-electron chi connectivity index (χ1n) is 4.12. The van der Waals surface area contributed by atoms with Crippen LogP contribution >= 0.6 is 0 Å². The van der Waals surface area contributed by atoms with E-state index >= 15 is 0 Å². The van der Waals surface area contributed by atoms with E-state index in [2.05, 4.69) is 10.6 Å². The molecule has 1 heterocycles. The summed E-state index contributed by atoms with van der Waals surface area (Å²) in [6.45, 7) is 0.992. The predicted octanol–water partition coefficient (Wildman–Crippen LogP) is -1.38. The Morgan fingerprint density at radius 1 is 1.79 bits per heavy atom. The molecule has 7 heteroatoms. The van der Waals surface area contributed by atoms with Gasteiger partial charge in [0.2, 0.25) is 5.88 Å². The second-order valence-corrected chi connectivity index (χ2v) is 3.79. The van der Waals surface area contributed by atoms with Gasteiger partial charge >= 0.3 is 0 Å². The summed E-state index contributed by atoms with van der Waals surface area (Å²) in [5.74, 6) is 0.169. The Hall–Kier alpha value is -1.08. The molecule has 14 heavy (non-hydrogen) atoms. The summed E-state index contributed by atoms with van der Waals surface area (Å²) in [5, 5.41) is 12.7. The van der Waals surface area contributed by atoms with Crippen molar-refractivity contribution >= 4 is 16.9 Å². The lowest BCUT2D eigenvalue weighted by Gasteiger charge is -2.26. The molecule has 0 aliphatic carbocycles. The van der Waals surface area contributed by atoms with Gasteiger partial charge in [-0.1, -0.05) is 0 Å². The zero-order chi connectivity index (χ0) is 10.6. The Morgan fingerprint density at radius 2 is 2.50 bits per heavy atom. The van der Waals surface area contributed by atoms with Crippen molar-refractivity contribution in [2.24, 2.45) is 0 Å². The largest absolute Gasteiger partial charge is 0.477 e. The highest BCUT2D eigenvalue weighted by molar-refractivity contribution is 7.77. The first-order valence-corrected chi connectivity index (χ1v) is 5.30. The molecule has 3 N–H and O–H groups in total. The molecule has 1 fully saturated rings. The van der Waals surface area contributed by atoms with Gasteiger partial charge in [0.05, 0.1) is 6.04 Å². The van der Waals surface area contributed by atoms with Gasteiger partial charge in [0.25, 0.3) is 0 Å². The van der Waals surface area contributed by atoms with Gasteiger partial charge in [0.1, 0.15) is 11.5 Å². The molecule has 1 aliphatic rings. The third-order valence-corrected chi connectivity index (χ3v) is 2.64. The summed E-state index contributed by atoms with van der Waals surface area (Å²) in [7, 11) is -0.975. The minimum Gasteiger partial charge on any atom is -0.477 e. The number of hydrogen-bond donors (Lipinski definition) is 4. The molecule has 0 saturated carbocycles. The van der Waals surface area contributed by atoms with Crippen LogP contribution in [0.5, 0.6) is 0 Å². The van der Waals surface area contributed by atoms with Crippen molar-refractivity contribution in [2.45, 2.75) is 6.04 Å².